The number of anilines is 2. The Labute approximate surface area is 123 Å². The quantitative estimate of drug-likeness (QED) is 0.800. The molecule has 0 radical (unpaired) electrons. The first-order valence-electron chi connectivity index (χ1n) is 6.87. The molecular formula is C14H20FN5O. The molecule has 7 heteroatoms. The first-order valence-corrected chi connectivity index (χ1v) is 6.87. The molecule has 21 heavy (non-hydrogen) atoms. The fourth-order valence-corrected chi connectivity index (χ4v) is 1.92. The Morgan fingerprint density at radius 1 is 1.43 bits per heavy atom. The number of nitrogens with zero attached hydrogens (tertiary/aromatic N) is 3. The standard InChI is InChI=1S/C14H20FN5O/c1-4-20-8-18-19-14(20)7-17-12-6-13(21-9(2)3)10(15)5-11(12)16/h5-6,8-9,17H,4,7,16H2,1-3H3. The molecule has 0 fully saturated rings. The fraction of sp³-hybridized carbons (Fsp3) is 0.429. The number of halogens is 1. The molecule has 0 atom stereocenters. The molecule has 1 heterocycles. The SMILES string of the molecule is CCn1cnnc1CNc1cc(OC(C)C)c(F)cc1N. The van der Waals surface area contributed by atoms with Crippen molar-refractivity contribution < 1.29 is 9.13 Å². The van der Waals surface area contributed by atoms with Crippen molar-refractivity contribution in [3.8, 4) is 5.75 Å². The maximum absolute atomic E-state index is 13.8. The number of nitrogens with one attached hydrogen (secondary N) is 1. The predicted molar refractivity (Wildman–Crippen MR) is 79.6 cm³/mol. The van der Waals surface area contributed by atoms with Gasteiger partial charge in [-0.3, -0.25) is 0 Å². The van der Waals surface area contributed by atoms with Gasteiger partial charge in [-0.15, -0.1) is 10.2 Å². The van der Waals surface area contributed by atoms with Gasteiger partial charge < -0.3 is 20.4 Å². The third-order valence-corrected chi connectivity index (χ3v) is 2.94. The second kappa shape index (κ2) is 6.43. The molecule has 0 unspecified atom stereocenters. The van der Waals surface area contributed by atoms with Gasteiger partial charge in [0.2, 0.25) is 0 Å². The Balaban J connectivity index is 2.16. The van der Waals surface area contributed by atoms with E-state index in [2.05, 4.69) is 15.5 Å². The lowest BCUT2D eigenvalue weighted by atomic mass is 10.2. The summed E-state index contributed by atoms with van der Waals surface area (Å²) >= 11 is 0. The summed E-state index contributed by atoms with van der Waals surface area (Å²) in [4.78, 5) is 0. The van der Waals surface area contributed by atoms with Crippen molar-refractivity contribution in [3.05, 3.63) is 30.1 Å². The molecule has 114 valence electrons. The summed E-state index contributed by atoms with van der Waals surface area (Å²) in [7, 11) is 0. The Morgan fingerprint density at radius 3 is 2.86 bits per heavy atom. The van der Waals surface area contributed by atoms with E-state index in [1.807, 2.05) is 25.3 Å². The van der Waals surface area contributed by atoms with E-state index in [1.165, 1.54) is 6.07 Å². The minimum absolute atomic E-state index is 0.112. The zero-order valence-corrected chi connectivity index (χ0v) is 12.4. The van der Waals surface area contributed by atoms with Gasteiger partial charge in [0.1, 0.15) is 6.33 Å². The lowest BCUT2D eigenvalue weighted by molar-refractivity contribution is 0.231. The number of nitrogen functional groups attached to an aromatic ring is 1. The Kier molecular flexibility index (Phi) is 4.62. The number of hydrogen-bond donors (Lipinski definition) is 2. The third-order valence-electron chi connectivity index (χ3n) is 2.94. The molecule has 0 aliphatic carbocycles. The van der Waals surface area contributed by atoms with Crippen molar-refractivity contribution in [1.29, 1.82) is 0 Å². The van der Waals surface area contributed by atoms with E-state index >= 15 is 0 Å². The highest BCUT2D eigenvalue weighted by Crippen LogP contribution is 2.29. The second-order valence-electron chi connectivity index (χ2n) is 4.92. The zero-order chi connectivity index (χ0) is 15.4. The first-order chi connectivity index (χ1) is 10.0. The molecule has 2 aromatic rings. The molecule has 0 spiro atoms. The number of ether oxygens (including phenoxy) is 1. The van der Waals surface area contributed by atoms with Crippen LogP contribution < -0.4 is 15.8 Å². The van der Waals surface area contributed by atoms with Crippen molar-refractivity contribution in [2.45, 2.75) is 40.0 Å². The van der Waals surface area contributed by atoms with E-state index in [1.54, 1.807) is 12.4 Å². The van der Waals surface area contributed by atoms with Crippen LogP contribution in [-0.2, 0) is 13.1 Å². The lowest BCUT2D eigenvalue weighted by Crippen LogP contribution is -2.11. The van der Waals surface area contributed by atoms with Crippen molar-refractivity contribution in [2.24, 2.45) is 0 Å². The molecule has 0 aliphatic rings. The highest BCUT2D eigenvalue weighted by molar-refractivity contribution is 5.68. The second-order valence-corrected chi connectivity index (χ2v) is 4.92. The van der Waals surface area contributed by atoms with E-state index < -0.39 is 5.82 Å². The van der Waals surface area contributed by atoms with Crippen LogP contribution in [0, 0.1) is 5.82 Å². The third kappa shape index (κ3) is 3.62. The van der Waals surface area contributed by atoms with Crippen LogP contribution in [0.4, 0.5) is 15.8 Å². The Morgan fingerprint density at radius 2 is 2.19 bits per heavy atom. The van der Waals surface area contributed by atoms with Gasteiger partial charge in [-0.05, 0) is 20.8 Å². The molecule has 0 amide bonds. The maximum atomic E-state index is 13.8. The average molecular weight is 293 g/mol. The summed E-state index contributed by atoms with van der Waals surface area (Å²) in [5.41, 5.74) is 6.76. The molecule has 3 N–H and O–H groups in total. The van der Waals surface area contributed by atoms with Gasteiger partial charge in [-0.2, -0.15) is 0 Å². The molecule has 1 aromatic heterocycles. The monoisotopic (exact) mass is 293 g/mol. The van der Waals surface area contributed by atoms with Crippen molar-refractivity contribution >= 4 is 11.4 Å². The molecule has 2 rings (SSSR count). The van der Waals surface area contributed by atoms with Crippen LogP contribution in [0.1, 0.15) is 26.6 Å². The van der Waals surface area contributed by atoms with Gasteiger partial charge in [0.05, 0.1) is 24.0 Å². The topological polar surface area (TPSA) is 78.0 Å². The molecule has 0 bridgehead atoms. The van der Waals surface area contributed by atoms with Gasteiger partial charge in [-0.1, -0.05) is 0 Å². The van der Waals surface area contributed by atoms with Crippen LogP contribution in [0.15, 0.2) is 18.5 Å². The van der Waals surface area contributed by atoms with Gasteiger partial charge in [0, 0.05) is 18.7 Å². The number of aryl methyl sites for hydroxylation is 1. The molecule has 0 saturated heterocycles. The summed E-state index contributed by atoms with van der Waals surface area (Å²) in [6.45, 7) is 6.92. The fourth-order valence-electron chi connectivity index (χ4n) is 1.92. The normalized spacial score (nSPS) is 10.9. The van der Waals surface area contributed by atoms with Crippen LogP contribution in [0.25, 0.3) is 0 Å². The largest absolute Gasteiger partial charge is 0.488 e. The van der Waals surface area contributed by atoms with Crippen molar-refractivity contribution in [2.75, 3.05) is 11.1 Å². The molecule has 1 aromatic carbocycles. The molecule has 6 nitrogen and oxygen atoms in total. The van der Waals surface area contributed by atoms with E-state index in [0.717, 1.165) is 12.4 Å². The van der Waals surface area contributed by atoms with E-state index in [0.29, 0.717) is 17.9 Å². The number of rotatable bonds is 6. The summed E-state index contributed by atoms with van der Waals surface area (Å²) in [6.07, 6.45) is 1.55. The molecule has 0 saturated carbocycles. The van der Waals surface area contributed by atoms with Crippen molar-refractivity contribution in [1.82, 2.24) is 14.8 Å². The van der Waals surface area contributed by atoms with Crippen molar-refractivity contribution in [3.63, 3.8) is 0 Å². The zero-order valence-electron chi connectivity index (χ0n) is 12.4. The summed E-state index contributed by atoms with van der Waals surface area (Å²) in [5.74, 6) is 0.495. The summed E-state index contributed by atoms with van der Waals surface area (Å²) < 4.78 is 21.1. The Hall–Kier alpha value is -2.31. The van der Waals surface area contributed by atoms with Gasteiger partial charge in [-0.25, -0.2) is 4.39 Å². The number of aromatic nitrogens is 3. The first kappa shape index (κ1) is 15.1. The average Bonchev–Trinajstić information content (AvgIpc) is 2.87. The van der Waals surface area contributed by atoms with Gasteiger partial charge in [0.15, 0.2) is 17.4 Å². The van der Waals surface area contributed by atoms with Crippen LogP contribution in [-0.4, -0.2) is 20.9 Å². The molecular weight excluding hydrogens is 273 g/mol. The van der Waals surface area contributed by atoms with Crippen LogP contribution in [0.5, 0.6) is 5.75 Å². The van der Waals surface area contributed by atoms with Gasteiger partial charge >= 0.3 is 0 Å². The number of nitrogens with two attached hydrogens (primary N) is 1. The number of hydrogen-bond acceptors (Lipinski definition) is 5. The van der Waals surface area contributed by atoms with Crippen LogP contribution in [0.2, 0.25) is 0 Å². The van der Waals surface area contributed by atoms with E-state index in [4.69, 9.17) is 10.5 Å². The minimum atomic E-state index is -0.469. The number of benzene rings is 1. The summed E-state index contributed by atoms with van der Waals surface area (Å²) in [6, 6.07) is 2.82. The smallest absolute Gasteiger partial charge is 0.167 e. The predicted octanol–water partition coefficient (Wildman–Crippen LogP) is 2.42. The highest BCUT2D eigenvalue weighted by atomic mass is 19.1. The van der Waals surface area contributed by atoms with Gasteiger partial charge in [0.25, 0.3) is 0 Å². The van der Waals surface area contributed by atoms with E-state index in [9.17, 15) is 4.39 Å². The lowest BCUT2D eigenvalue weighted by Gasteiger charge is -2.15. The van der Waals surface area contributed by atoms with E-state index in [-0.39, 0.29) is 11.9 Å². The maximum Gasteiger partial charge on any atom is 0.167 e. The molecule has 0 aliphatic heterocycles. The summed E-state index contributed by atoms with van der Waals surface area (Å²) in [5, 5.41) is 11.0. The Bertz CT molecular complexity index is 611. The highest BCUT2D eigenvalue weighted by Gasteiger charge is 2.11. The van der Waals surface area contributed by atoms with Crippen LogP contribution >= 0.6 is 0 Å². The van der Waals surface area contributed by atoms with Crippen LogP contribution in [0.3, 0.4) is 0 Å². The minimum Gasteiger partial charge on any atom is -0.488 e.